The smallest absolute Gasteiger partial charge is 0.0406 e. The van der Waals surface area contributed by atoms with Crippen LogP contribution in [0.25, 0.3) is 0 Å². The molecule has 0 aliphatic carbocycles. The first-order valence-corrected chi connectivity index (χ1v) is 3.95. The van der Waals surface area contributed by atoms with Crippen LogP contribution in [-0.4, -0.2) is 0 Å². The third kappa shape index (κ3) is 2.65. The molecule has 0 spiro atoms. The van der Waals surface area contributed by atoms with Crippen LogP contribution in [0, 0.1) is 11.8 Å². The van der Waals surface area contributed by atoms with Gasteiger partial charge in [-0.3, -0.25) is 0 Å². The Morgan fingerprint density at radius 1 is 1.27 bits per heavy atom. The van der Waals surface area contributed by atoms with E-state index < -0.39 is 0 Å². The summed E-state index contributed by atoms with van der Waals surface area (Å²) < 4.78 is 0. The van der Waals surface area contributed by atoms with Crippen molar-refractivity contribution in [1.29, 1.82) is 0 Å². The van der Waals surface area contributed by atoms with E-state index in [4.69, 9.17) is 11.6 Å². The Bertz CT molecular complexity index is 274. The minimum Gasteiger partial charge on any atom is -0.0982 e. The Labute approximate surface area is 72.2 Å². The maximum atomic E-state index is 5.70. The highest BCUT2D eigenvalue weighted by molar-refractivity contribution is 6.30. The molecule has 0 heterocycles. The standard InChI is InChI=1S/C10H9Cl/c1-2-3-4-9-5-7-10(11)8-6-9/h5-8H,2H2,1H3. The van der Waals surface area contributed by atoms with E-state index in [2.05, 4.69) is 11.8 Å². The van der Waals surface area contributed by atoms with Crippen molar-refractivity contribution in [2.24, 2.45) is 0 Å². The van der Waals surface area contributed by atoms with Crippen LogP contribution in [0.1, 0.15) is 18.9 Å². The monoisotopic (exact) mass is 164 g/mol. The van der Waals surface area contributed by atoms with Crippen LogP contribution in [0.15, 0.2) is 24.3 Å². The summed E-state index contributed by atoms with van der Waals surface area (Å²) >= 11 is 5.70. The molecule has 0 nitrogen and oxygen atoms in total. The summed E-state index contributed by atoms with van der Waals surface area (Å²) in [6, 6.07) is 7.54. The van der Waals surface area contributed by atoms with Gasteiger partial charge in [-0.2, -0.15) is 0 Å². The number of hydrogen-bond acceptors (Lipinski definition) is 0. The van der Waals surface area contributed by atoms with Crippen LogP contribution < -0.4 is 0 Å². The van der Waals surface area contributed by atoms with E-state index in [1.54, 1.807) is 0 Å². The second kappa shape index (κ2) is 4.05. The lowest BCUT2D eigenvalue weighted by Gasteiger charge is -1.88. The molecule has 0 amide bonds. The summed E-state index contributed by atoms with van der Waals surface area (Å²) in [5, 5.41) is 0.757. The molecule has 0 atom stereocenters. The minimum atomic E-state index is 0.757. The van der Waals surface area contributed by atoms with Gasteiger partial charge in [0.15, 0.2) is 0 Å². The first kappa shape index (κ1) is 8.17. The largest absolute Gasteiger partial charge is 0.0982 e. The van der Waals surface area contributed by atoms with Crippen molar-refractivity contribution in [3.8, 4) is 11.8 Å². The minimum absolute atomic E-state index is 0.757. The highest BCUT2D eigenvalue weighted by atomic mass is 35.5. The van der Waals surface area contributed by atoms with Crippen molar-refractivity contribution < 1.29 is 0 Å². The van der Waals surface area contributed by atoms with E-state index in [9.17, 15) is 0 Å². The second-order valence-electron chi connectivity index (χ2n) is 2.16. The molecule has 0 aromatic heterocycles. The summed E-state index contributed by atoms with van der Waals surface area (Å²) in [5.74, 6) is 6.00. The van der Waals surface area contributed by atoms with Gasteiger partial charge in [0.2, 0.25) is 0 Å². The first-order chi connectivity index (χ1) is 5.33. The van der Waals surface area contributed by atoms with Crippen molar-refractivity contribution in [1.82, 2.24) is 0 Å². The molecule has 0 aliphatic rings. The molecule has 0 N–H and O–H groups in total. The third-order valence-corrected chi connectivity index (χ3v) is 1.51. The Kier molecular flexibility index (Phi) is 3.01. The topological polar surface area (TPSA) is 0 Å². The normalized spacial score (nSPS) is 8.55. The first-order valence-electron chi connectivity index (χ1n) is 3.57. The molecule has 1 aromatic rings. The number of rotatable bonds is 0. The van der Waals surface area contributed by atoms with Gasteiger partial charge >= 0.3 is 0 Å². The molecular formula is C10H9Cl. The van der Waals surface area contributed by atoms with Crippen LogP contribution in [0.4, 0.5) is 0 Å². The van der Waals surface area contributed by atoms with Gasteiger partial charge in [-0.05, 0) is 24.3 Å². The highest BCUT2D eigenvalue weighted by Crippen LogP contribution is 2.08. The maximum absolute atomic E-state index is 5.70. The number of halogens is 1. The zero-order valence-corrected chi connectivity index (χ0v) is 7.15. The van der Waals surface area contributed by atoms with Gasteiger partial charge in [-0.25, -0.2) is 0 Å². The van der Waals surface area contributed by atoms with E-state index in [-0.39, 0.29) is 0 Å². The van der Waals surface area contributed by atoms with Crippen LogP contribution >= 0.6 is 11.6 Å². The zero-order chi connectivity index (χ0) is 8.10. The molecule has 0 saturated heterocycles. The molecular weight excluding hydrogens is 156 g/mol. The highest BCUT2D eigenvalue weighted by Gasteiger charge is 1.85. The van der Waals surface area contributed by atoms with Crippen LogP contribution in [0.2, 0.25) is 5.02 Å². The quantitative estimate of drug-likeness (QED) is 0.517. The van der Waals surface area contributed by atoms with E-state index in [0.717, 1.165) is 17.0 Å². The summed E-state index contributed by atoms with van der Waals surface area (Å²) in [7, 11) is 0. The molecule has 0 unspecified atom stereocenters. The van der Waals surface area contributed by atoms with Crippen LogP contribution in [0.3, 0.4) is 0 Å². The van der Waals surface area contributed by atoms with Crippen molar-refractivity contribution in [3.63, 3.8) is 0 Å². The summed E-state index contributed by atoms with van der Waals surface area (Å²) in [6.07, 6.45) is 0.891. The average Bonchev–Trinajstić information content (AvgIpc) is 2.04. The molecule has 0 fully saturated rings. The molecule has 1 aromatic carbocycles. The van der Waals surface area contributed by atoms with Gasteiger partial charge in [-0.1, -0.05) is 30.4 Å². The van der Waals surface area contributed by atoms with Gasteiger partial charge in [0.25, 0.3) is 0 Å². The van der Waals surface area contributed by atoms with Crippen molar-refractivity contribution in [2.75, 3.05) is 0 Å². The SMILES string of the molecule is CCC#Cc1ccc(Cl)cc1. The van der Waals surface area contributed by atoms with E-state index in [0.29, 0.717) is 0 Å². The number of benzene rings is 1. The van der Waals surface area contributed by atoms with Gasteiger partial charge in [-0.15, -0.1) is 0 Å². The van der Waals surface area contributed by atoms with Gasteiger partial charge < -0.3 is 0 Å². The van der Waals surface area contributed by atoms with E-state index >= 15 is 0 Å². The molecule has 0 saturated carbocycles. The fraction of sp³-hybridized carbons (Fsp3) is 0.200. The van der Waals surface area contributed by atoms with Gasteiger partial charge in [0.05, 0.1) is 0 Å². The fourth-order valence-electron chi connectivity index (χ4n) is 0.724. The molecule has 0 aliphatic heterocycles. The Morgan fingerprint density at radius 2 is 1.91 bits per heavy atom. The Hall–Kier alpha value is -0.930. The van der Waals surface area contributed by atoms with E-state index in [1.165, 1.54) is 0 Å². The van der Waals surface area contributed by atoms with Gasteiger partial charge in [0.1, 0.15) is 0 Å². The average molecular weight is 165 g/mol. The molecule has 1 rings (SSSR count). The zero-order valence-electron chi connectivity index (χ0n) is 6.39. The lowest BCUT2D eigenvalue weighted by atomic mass is 10.2. The summed E-state index contributed by atoms with van der Waals surface area (Å²) in [4.78, 5) is 0. The predicted molar refractivity (Wildman–Crippen MR) is 48.6 cm³/mol. The van der Waals surface area contributed by atoms with E-state index in [1.807, 2.05) is 31.2 Å². The Morgan fingerprint density at radius 3 is 2.45 bits per heavy atom. The second-order valence-corrected chi connectivity index (χ2v) is 2.60. The summed E-state index contributed by atoms with van der Waals surface area (Å²) in [6.45, 7) is 2.03. The Balaban J connectivity index is 2.82. The third-order valence-electron chi connectivity index (χ3n) is 1.25. The molecule has 11 heavy (non-hydrogen) atoms. The van der Waals surface area contributed by atoms with Crippen molar-refractivity contribution in [3.05, 3.63) is 34.9 Å². The lowest BCUT2D eigenvalue weighted by molar-refractivity contribution is 1.28. The molecule has 0 bridgehead atoms. The summed E-state index contributed by atoms with van der Waals surface area (Å²) in [5.41, 5.74) is 1.02. The molecule has 56 valence electrons. The van der Waals surface area contributed by atoms with Crippen molar-refractivity contribution in [2.45, 2.75) is 13.3 Å². The lowest BCUT2D eigenvalue weighted by Crippen LogP contribution is -1.71. The molecule has 1 heteroatoms. The van der Waals surface area contributed by atoms with Gasteiger partial charge in [0, 0.05) is 17.0 Å². The van der Waals surface area contributed by atoms with Crippen LogP contribution in [-0.2, 0) is 0 Å². The molecule has 0 radical (unpaired) electrons. The maximum Gasteiger partial charge on any atom is 0.0406 e. The van der Waals surface area contributed by atoms with Crippen molar-refractivity contribution >= 4 is 11.6 Å². The van der Waals surface area contributed by atoms with Crippen LogP contribution in [0.5, 0.6) is 0 Å². The number of hydrogen-bond donors (Lipinski definition) is 0. The fourth-order valence-corrected chi connectivity index (χ4v) is 0.850. The predicted octanol–water partition coefficient (Wildman–Crippen LogP) is 3.10.